The van der Waals surface area contributed by atoms with Gasteiger partial charge in [-0.05, 0) is 49.2 Å². The Morgan fingerprint density at radius 2 is 1.78 bits per heavy atom. The second-order valence-electron chi connectivity index (χ2n) is 7.24. The van der Waals surface area contributed by atoms with Gasteiger partial charge < -0.3 is 10.1 Å². The zero-order valence-corrected chi connectivity index (χ0v) is 17.1. The van der Waals surface area contributed by atoms with Gasteiger partial charge in [-0.25, -0.2) is 0 Å². The lowest BCUT2D eigenvalue weighted by Gasteiger charge is -2.38. The number of likely N-dealkylation sites (tertiary alicyclic amines) is 1. The molecule has 1 N–H and O–H groups in total. The fraction of sp³-hybridized carbons (Fsp3) is 0.381. The van der Waals surface area contributed by atoms with Crippen LogP contribution in [0.15, 0.2) is 42.5 Å². The van der Waals surface area contributed by atoms with E-state index in [0.29, 0.717) is 16.7 Å². The van der Waals surface area contributed by atoms with Gasteiger partial charge in [-0.2, -0.15) is 0 Å². The molecule has 0 spiro atoms. The van der Waals surface area contributed by atoms with Crippen molar-refractivity contribution in [2.24, 2.45) is 5.92 Å². The van der Waals surface area contributed by atoms with Crippen molar-refractivity contribution in [1.82, 2.24) is 10.2 Å². The van der Waals surface area contributed by atoms with Gasteiger partial charge in [0.05, 0.1) is 16.0 Å². The van der Waals surface area contributed by atoms with E-state index in [1.54, 1.807) is 6.07 Å². The van der Waals surface area contributed by atoms with Crippen molar-refractivity contribution in [2.45, 2.75) is 33.0 Å². The van der Waals surface area contributed by atoms with Gasteiger partial charge in [0.15, 0.2) is 0 Å². The number of nitrogens with one attached hydrogen (secondary N) is 1. The van der Waals surface area contributed by atoms with Crippen LogP contribution in [0.3, 0.4) is 0 Å². The molecule has 6 heteroatoms. The number of hydrogen-bond acceptors (Lipinski definition) is 3. The molecule has 0 saturated carbocycles. The summed E-state index contributed by atoms with van der Waals surface area (Å²) in [5.74, 6) is 1.08. The van der Waals surface area contributed by atoms with Crippen molar-refractivity contribution in [2.75, 3.05) is 13.1 Å². The third-order valence-corrected chi connectivity index (χ3v) is 5.22. The molecule has 1 aliphatic heterocycles. The van der Waals surface area contributed by atoms with Crippen LogP contribution in [-0.2, 0) is 17.9 Å². The first-order valence-electron chi connectivity index (χ1n) is 9.09. The normalized spacial score (nSPS) is 14.9. The second-order valence-corrected chi connectivity index (χ2v) is 8.05. The third kappa shape index (κ3) is 5.61. The van der Waals surface area contributed by atoms with Crippen LogP contribution in [0.2, 0.25) is 10.0 Å². The van der Waals surface area contributed by atoms with E-state index in [1.165, 1.54) is 5.56 Å². The van der Waals surface area contributed by atoms with Crippen molar-refractivity contribution in [3.63, 3.8) is 0 Å². The third-order valence-electron chi connectivity index (χ3n) is 4.48. The number of benzene rings is 2. The summed E-state index contributed by atoms with van der Waals surface area (Å²) >= 11 is 11.9. The van der Waals surface area contributed by atoms with E-state index in [9.17, 15) is 4.79 Å². The van der Waals surface area contributed by atoms with Crippen molar-refractivity contribution in [1.29, 1.82) is 0 Å². The summed E-state index contributed by atoms with van der Waals surface area (Å²) in [7, 11) is 0. The molecule has 4 nitrogen and oxygen atoms in total. The number of carbonyl (C=O) groups is 1. The summed E-state index contributed by atoms with van der Waals surface area (Å²) in [6.45, 7) is 6.88. The number of rotatable bonds is 7. The van der Waals surface area contributed by atoms with Crippen LogP contribution in [-0.4, -0.2) is 29.9 Å². The minimum Gasteiger partial charge on any atom is -0.489 e. The molecule has 0 atom stereocenters. The van der Waals surface area contributed by atoms with E-state index in [-0.39, 0.29) is 17.9 Å². The molecule has 2 aromatic carbocycles. The summed E-state index contributed by atoms with van der Waals surface area (Å²) in [6, 6.07) is 13.7. The van der Waals surface area contributed by atoms with E-state index < -0.39 is 0 Å². The lowest BCUT2D eigenvalue weighted by atomic mass is 9.98. The maximum Gasteiger partial charge on any atom is 0.225 e. The number of hydrogen-bond donors (Lipinski definition) is 1. The SMILES string of the molecule is CC(C)NC(=O)C1CN(Cc2ccc(OCc3ccc(Cl)c(Cl)c3)cc2)C1. The standard InChI is InChI=1S/C21H24Cl2N2O2/c1-14(2)24-21(26)17-11-25(12-17)10-15-3-6-18(7-4-15)27-13-16-5-8-19(22)20(23)9-16/h3-9,14,17H,10-13H2,1-2H3,(H,24,26). The highest BCUT2D eigenvalue weighted by Crippen LogP contribution is 2.24. The van der Waals surface area contributed by atoms with Crippen LogP contribution < -0.4 is 10.1 Å². The van der Waals surface area contributed by atoms with Gasteiger partial charge in [-0.15, -0.1) is 0 Å². The fourth-order valence-corrected chi connectivity index (χ4v) is 3.33. The van der Waals surface area contributed by atoms with E-state index in [1.807, 2.05) is 38.1 Å². The Morgan fingerprint density at radius 1 is 1.11 bits per heavy atom. The average Bonchev–Trinajstić information content (AvgIpc) is 2.59. The van der Waals surface area contributed by atoms with Gasteiger partial charge in [0.1, 0.15) is 12.4 Å². The smallest absolute Gasteiger partial charge is 0.225 e. The zero-order chi connectivity index (χ0) is 19.4. The first-order valence-corrected chi connectivity index (χ1v) is 9.84. The highest BCUT2D eigenvalue weighted by atomic mass is 35.5. The second kappa shape index (κ2) is 8.96. The average molecular weight is 407 g/mol. The lowest BCUT2D eigenvalue weighted by Crippen LogP contribution is -2.53. The Bertz CT molecular complexity index is 787. The van der Waals surface area contributed by atoms with Crippen LogP contribution >= 0.6 is 23.2 Å². The molecule has 0 aromatic heterocycles. The Hall–Kier alpha value is -1.75. The molecule has 27 heavy (non-hydrogen) atoms. The highest BCUT2D eigenvalue weighted by Gasteiger charge is 2.32. The van der Waals surface area contributed by atoms with Crippen LogP contribution in [0, 0.1) is 5.92 Å². The van der Waals surface area contributed by atoms with E-state index in [4.69, 9.17) is 27.9 Å². The lowest BCUT2D eigenvalue weighted by molar-refractivity contribution is -0.131. The molecule has 0 bridgehead atoms. The molecule has 1 amide bonds. The van der Waals surface area contributed by atoms with E-state index in [2.05, 4.69) is 22.3 Å². The van der Waals surface area contributed by atoms with E-state index >= 15 is 0 Å². The van der Waals surface area contributed by atoms with Crippen molar-refractivity contribution < 1.29 is 9.53 Å². The Labute approximate surface area is 170 Å². The van der Waals surface area contributed by atoms with Gasteiger partial charge in [0.25, 0.3) is 0 Å². The number of ether oxygens (including phenoxy) is 1. The predicted octanol–water partition coefficient (Wildman–Crippen LogP) is 4.53. The highest BCUT2D eigenvalue weighted by molar-refractivity contribution is 6.42. The van der Waals surface area contributed by atoms with Crippen LogP contribution in [0.4, 0.5) is 0 Å². The largest absolute Gasteiger partial charge is 0.489 e. The molecular weight excluding hydrogens is 383 g/mol. The zero-order valence-electron chi connectivity index (χ0n) is 15.5. The molecule has 0 aliphatic carbocycles. The number of carbonyl (C=O) groups excluding carboxylic acids is 1. The van der Waals surface area contributed by atoms with Crippen LogP contribution in [0.1, 0.15) is 25.0 Å². The van der Waals surface area contributed by atoms with Gasteiger partial charge in [0.2, 0.25) is 5.91 Å². The van der Waals surface area contributed by atoms with Crippen molar-refractivity contribution in [3.05, 3.63) is 63.6 Å². The minimum atomic E-state index is 0.112. The van der Waals surface area contributed by atoms with Gasteiger partial charge >= 0.3 is 0 Å². The van der Waals surface area contributed by atoms with Crippen molar-refractivity contribution in [3.8, 4) is 5.75 Å². The Balaban J connectivity index is 1.44. The Kier molecular flexibility index (Phi) is 6.64. The predicted molar refractivity (Wildman–Crippen MR) is 109 cm³/mol. The molecule has 1 saturated heterocycles. The summed E-state index contributed by atoms with van der Waals surface area (Å²) in [4.78, 5) is 14.2. The number of halogens is 2. The molecular formula is C21H24Cl2N2O2. The van der Waals surface area contributed by atoms with Crippen molar-refractivity contribution >= 4 is 29.1 Å². The monoisotopic (exact) mass is 406 g/mol. The Morgan fingerprint density at radius 3 is 2.41 bits per heavy atom. The topological polar surface area (TPSA) is 41.6 Å². The molecule has 1 fully saturated rings. The number of amides is 1. The molecule has 144 valence electrons. The summed E-state index contributed by atoms with van der Waals surface area (Å²) in [6.07, 6.45) is 0. The molecule has 0 unspecified atom stereocenters. The van der Waals surface area contributed by atoms with Crippen LogP contribution in [0.5, 0.6) is 5.75 Å². The summed E-state index contributed by atoms with van der Waals surface area (Å²) in [5.41, 5.74) is 2.18. The first-order chi connectivity index (χ1) is 12.9. The maximum absolute atomic E-state index is 11.9. The van der Waals surface area contributed by atoms with Gasteiger partial charge in [-0.3, -0.25) is 9.69 Å². The van der Waals surface area contributed by atoms with Gasteiger partial charge in [0, 0.05) is 25.7 Å². The quantitative estimate of drug-likeness (QED) is 0.734. The van der Waals surface area contributed by atoms with Gasteiger partial charge in [-0.1, -0.05) is 41.4 Å². The minimum absolute atomic E-state index is 0.112. The first kappa shape index (κ1) is 20.0. The summed E-state index contributed by atoms with van der Waals surface area (Å²) in [5, 5.41) is 4.04. The molecule has 0 radical (unpaired) electrons. The molecule has 1 heterocycles. The number of nitrogens with zero attached hydrogens (tertiary/aromatic N) is 1. The maximum atomic E-state index is 11.9. The molecule has 3 rings (SSSR count). The van der Waals surface area contributed by atoms with E-state index in [0.717, 1.165) is 30.9 Å². The fourth-order valence-electron chi connectivity index (χ4n) is 3.01. The molecule has 1 aliphatic rings. The molecule has 2 aromatic rings. The van der Waals surface area contributed by atoms with Crippen LogP contribution in [0.25, 0.3) is 0 Å². The summed E-state index contributed by atoms with van der Waals surface area (Å²) < 4.78 is 5.80.